The van der Waals surface area contributed by atoms with E-state index in [1.165, 1.54) is 16.8 Å². The quantitative estimate of drug-likeness (QED) is 0.804. The third kappa shape index (κ3) is 1.82. The second-order valence-corrected chi connectivity index (χ2v) is 5.85. The molecular formula is C15H21N3O. The molecule has 0 saturated heterocycles. The molecule has 1 aromatic heterocycles. The van der Waals surface area contributed by atoms with Gasteiger partial charge >= 0.3 is 0 Å². The number of aromatic nitrogens is 1. The van der Waals surface area contributed by atoms with E-state index >= 15 is 0 Å². The normalized spacial score (nSPS) is 20.3. The highest BCUT2D eigenvalue weighted by atomic mass is 16.1. The number of nitrogens with one attached hydrogen (secondary N) is 2. The van der Waals surface area contributed by atoms with E-state index in [0.717, 1.165) is 31.5 Å². The van der Waals surface area contributed by atoms with Gasteiger partial charge in [0.25, 0.3) is 5.91 Å². The van der Waals surface area contributed by atoms with Crippen molar-refractivity contribution in [2.45, 2.75) is 38.8 Å². The van der Waals surface area contributed by atoms with Gasteiger partial charge in [-0.05, 0) is 37.8 Å². The summed E-state index contributed by atoms with van der Waals surface area (Å²) in [5.74, 6) is 0.0302. The topological polar surface area (TPSA) is 46.1 Å². The first-order valence-electron chi connectivity index (χ1n) is 6.94. The van der Waals surface area contributed by atoms with Crippen LogP contribution in [0.3, 0.4) is 0 Å². The monoisotopic (exact) mass is 259 g/mol. The molecule has 4 nitrogen and oxygen atoms in total. The predicted molar refractivity (Wildman–Crippen MR) is 76.2 cm³/mol. The first kappa shape index (κ1) is 12.5. The van der Waals surface area contributed by atoms with Crippen molar-refractivity contribution < 1.29 is 4.79 Å². The molecule has 4 heteroatoms. The average Bonchev–Trinajstić information content (AvgIpc) is 2.70. The maximum Gasteiger partial charge on any atom is 0.252 e. The van der Waals surface area contributed by atoms with Crippen LogP contribution < -0.4 is 10.6 Å². The molecule has 3 rings (SSSR count). The number of carbonyl (C=O) groups is 1. The Morgan fingerprint density at radius 1 is 1.47 bits per heavy atom. The average molecular weight is 259 g/mol. The highest BCUT2D eigenvalue weighted by Gasteiger charge is 2.34. The molecule has 0 radical (unpaired) electrons. The van der Waals surface area contributed by atoms with Gasteiger partial charge in [-0.25, -0.2) is 0 Å². The summed E-state index contributed by atoms with van der Waals surface area (Å²) >= 11 is 0. The summed E-state index contributed by atoms with van der Waals surface area (Å²) in [4.78, 5) is 12.0. The summed E-state index contributed by atoms with van der Waals surface area (Å²) in [5.41, 5.74) is 4.64. The van der Waals surface area contributed by atoms with Gasteiger partial charge in [-0.15, -0.1) is 0 Å². The first-order chi connectivity index (χ1) is 9.04. The lowest BCUT2D eigenvalue weighted by Gasteiger charge is -2.30. The number of hydrogen-bond donors (Lipinski definition) is 2. The summed E-state index contributed by atoms with van der Waals surface area (Å²) < 4.78 is 2.24. The molecule has 1 aliphatic carbocycles. The number of nitrogens with zero attached hydrogens (tertiary/aromatic N) is 1. The third-order valence-electron chi connectivity index (χ3n) is 4.25. The molecule has 0 unspecified atom stereocenters. The maximum atomic E-state index is 12.0. The zero-order valence-corrected chi connectivity index (χ0v) is 11.8. The zero-order valence-electron chi connectivity index (χ0n) is 11.8. The smallest absolute Gasteiger partial charge is 0.252 e. The molecule has 0 atom stereocenters. The molecule has 2 N–H and O–H groups in total. The summed E-state index contributed by atoms with van der Waals surface area (Å²) in [7, 11) is 1.70. The van der Waals surface area contributed by atoms with Gasteiger partial charge in [-0.1, -0.05) is 6.08 Å². The number of rotatable bonds is 1. The lowest BCUT2D eigenvalue weighted by molar-refractivity contribution is 0.0962. The van der Waals surface area contributed by atoms with Crippen molar-refractivity contribution in [2.24, 2.45) is 0 Å². The molecule has 0 saturated carbocycles. The Kier molecular flexibility index (Phi) is 2.78. The van der Waals surface area contributed by atoms with Gasteiger partial charge in [-0.2, -0.15) is 0 Å². The first-order valence-corrected chi connectivity index (χ1v) is 6.94. The van der Waals surface area contributed by atoms with Gasteiger partial charge < -0.3 is 15.2 Å². The molecule has 1 amide bonds. The van der Waals surface area contributed by atoms with Crippen LogP contribution in [-0.2, 0) is 13.0 Å². The Morgan fingerprint density at radius 3 is 3.00 bits per heavy atom. The van der Waals surface area contributed by atoms with Gasteiger partial charge in [0.1, 0.15) is 0 Å². The Hall–Kier alpha value is -1.55. The highest BCUT2D eigenvalue weighted by molar-refractivity contribution is 5.97. The molecule has 2 heterocycles. The van der Waals surface area contributed by atoms with E-state index < -0.39 is 0 Å². The van der Waals surface area contributed by atoms with Gasteiger partial charge in [-0.3, -0.25) is 4.79 Å². The second-order valence-electron chi connectivity index (χ2n) is 5.85. The largest absolute Gasteiger partial charge is 0.355 e. The van der Waals surface area contributed by atoms with Crippen LogP contribution in [0.2, 0.25) is 0 Å². The van der Waals surface area contributed by atoms with E-state index in [1.807, 2.05) is 6.20 Å². The van der Waals surface area contributed by atoms with Gasteiger partial charge in [0.05, 0.1) is 5.56 Å². The van der Waals surface area contributed by atoms with Crippen LogP contribution in [0.15, 0.2) is 12.3 Å². The lowest BCUT2D eigenvalue weighted by Crippen LogP contribution is -2.40. The van der Waals surface area contributed by atoms with Crippen molar-refractivity contribution in [1.82, 2.24) is 15.2 Å². The van der Waals surface area contributed by atoms with Gasteiger partial charge in [0.2, 0.25) is 0 Å². The Balaban J connectivity index is 2.20. The molecule has 0 bridgehead atoms. The van der Waals surface area contributed by atoms with Crippen LogP contribution in [0.25, 0.3) is 5.57 Å². The molecule has 0 aromatic carbocycles. The van der Waals surface area contributed by atoms with Crippen molar-refractivity contribution in [2.75, 3.05) is 13.6 Å². The Bertz CT molecular complexity index is 566. The summed E-state index contributed by atoms with van der Waals surface area (Å²) in [6, 6.07) is 0. The van der Waals surface area contributed by atoms with Gasteiger partial charge in [0.15, 0.2) is 0 Å². The fraction of sp³-hybridized carbons (Fsp3) is 0.533. The number of hydrogen-bond acceptors (Lipinski definition) is 2. The minimum atomic E-state index is -0.0261. The lowest BCUT2D eigenvalue weighted by atomic mass is 9.84. The molecule has 1 aromatic rings. The summed E-state index contributed by atoms with van der Waals surface area (Å²) in [5, 5.41) is 6.34. The second kappa shape index (κ2) is 4.23. The molecule has 2 aliphatic rings. The van der Waals surface area contributed by atoms with Crippen molar-refractivity contribution in [3.8, 4) is 0 Å². The Labute approximate surface area is 113 Å². The minimum absolute atomic E-state index is 0.0261. The van der Waals surface area contributed by atoms with E-state index in [0.29, 0.717) is 0 Å². The minimum Gasteiger partial charge on any atom is -0.355 e. The maximum absolute atomic E-state index is 12.0. The van der Waals surface area contributed by atoms with Gasteiger partial charge in [0, 0.05) is 37.6 Å². The van der Waals surface area contributed by atoms with Crippen molar-refractivity contribution in [3.05, 3.63) is 29.1 Å². The third-order valence-corrected chi connectivity index (χ3v) is 4.25. The van der Waals surface area contributed by atoms with Crippen LogP contribution in [0.5, 0.6) is 0 Å². The van der Waals surface area contributed by atoms with E-state index in [1.54, 1.807) is 7.05 Å². The molecule has 0 fully saturated rings. The fourth-order valence-electron chi connectivity index (χ4n) is 3.27. The van der Waals surface area contributed by atoms with E-state index in [9.17, 15) is 4.79 Å². The standard InChI is InChI=1S/C15H21N3O/c1-15(2)12-6-4-5-10-11(14(19)16-3)9-18(13(10)12)8-7-17-15/h6,9,17H,4-5,7-8H2,1-3H3,(H,16,19). The van der Waals surface area contributed by atoms with Crippen molar-refractivity contribution in [3.63, 3.8) is 0 Å². The van der Waals surface area contributed by atoms with Crippen LogP contribution in [0, 0.1) is 0 Å². The van der Waals surface area contributed by atoms with Crippen LogP contribution in [0.1, 0.15) is 41.9 Å². The highest BCUT2D eigenvalue weighted by Crippen LogP contribution is 2.38. The zero-order chi connectivity index (χ0) is 13.6. The van der Waals surface area contributed by atoms with Crippen LogP contribution >= 0.6 is 0 Å². The fourth-order valence-corrected chi connectivity index (χ4v) is 3.27. The van der Waals surface area contributed by atoms with Crippen LogP contribution in [0.4, 0.5) is 0 Å². The number of allylic oxidation sites excluding steroid dienone is 1. The molecule has 1 aliphatic heterocycles. The number of carbonyl (C=O) groups excluding carboxylic acids is 1. The van der Waals surface area contributed by atoms with Crippen molar-refractivity contribution >= 4 is 11.5 Å². The van der Waals surface area contributed by atoms with Crippen molar-refractivity contribution in [1.29, 1.82) is 0 Å². The van der Waals surface area contributed by atoms with E-state index in [2.05, 4.69) is 35.1 Å². The molecular weight excluding hydrogens is 238 g/mol. The van der Waals surface area contributed by atoms with E-state index in [4.69, 9.17) is 0 Å². The molecule has 0 spiro atoms. The summed E-state index contributed by atoms with van der Waals surface area (Å²) in [6.07, 6.45) is 6.32. The summed E-state index contributed by atoms with van der Waals surface area (Å²) in [6.45, 7) is 6.28. The molecule has 19 heavy (non-hydrogen) atoms. The molecule has 102 valence electrons. The predicted octanol–water partition coefficient (Wildman–Crippen LogP) is 1.56. The SMILES string of the molecule is CNC(=O)c1cn2c3c1CCC=C3C(C)(C)NCC2. The number of amides is 1. The van der Waals surface area contributed by atoms with E-state index in [-0.39, 0.29) is 11.4 Å². The van der Waals surface area contributed by atoms with Crippen LogP contribution in [-0.4, -0.2) is 29.6 Å². The Morgan fingerprint density at radius 2 is 2.26 bits per heavy atom.